The number of halogens is 3. The highest BCUT2D eigenvalue weighted by Gasteiger charge is 2.32. The molecule has 1 aromatic heterocycles. The van der Waals surface area contributed by atoms with Crippen molar-refractivity contribution in [1.29, 1.82) is 0 Å². The van der Waals surface area contributed by atoms with E-state index in [2.05, 4.69) is 19.8 Å². The Bertz CT molecular complexity index is 894. The molecule has 2 fully saturated rings. The van der Waals surface area contributed by atoms with Gasteiger partial charge in [-0.25, -0.2) is 4.98 Å². The van der Waals surface area contributed by atoms with Gasteiger partial charge in [-0.1, -0.05) is 19.3 Å². The van der Waals surface area contributed by atoms with Gasteiger partial charge in [0, 0.05) is 25.2 Å². The number of imidazole rings is 1. The molecular formula is C22H29F3N4O. The summed E-state index contributed by atoms with van der Waals surface area (Å²) < 4.78 is 41.1. The molecule has 164 valence electrons. The first-order chi connectivity index (χ1) is 14.3. The van der Waals surface area contributed by atoms with Crippen LogP contribution in [0.2, 0.25) is 0 Å². The molecule has 1 saturated heterocycles. The Balaban J connectivity index is 1.37. The normalized spacial score (nSPS) is 20.0. The average Bonchev–Trinajstić information content (AvgIpc) is 3.03. The Hall–Kier alpha value is -2.09. The summed E-state index contributed by atoms with van der Waals surface area (Å²) in [5, 5.41) is 3.17. The van der Waals surface area contributed by atoms with Crippen LogP contribution in [0.4, 0.5) is 13.2 Å². The summed E-state index contributed by atoms with van der Waals surface area (Å²) in [6.07, 6.45) is 3.15. The molecule has 2 aromatic rings. The van der Waals surface area contributed by atoms with Crippen molar-refractivity contribution in [3.63, 3.8) is 0 Å². The second kappa shape index (κ2) is 8.57. The lowest BCUT2D eigenvalue weighted by molar-refractivity contribution is -0.137. The molecule has 8 heteroatoms. The number of rotatable bonds is 4. The van der Waals surface area contributed by atoms with Gasteiger partial charge in [-0.3, -0.25) is 9.69 Å². The maximum atomic E-state index is 13.0. The van der Waals surface area contributed by atoms with Crippen molar-refractivity contribution in [3.05, 3.63) is 29.6 Å². The van der Waals surface area contributed by atoms with Crippen LogP contribution >= 0.6 is 0 Å². The van der Waals surface area contributed by atoms with E-state index < -0.39 is 11.7 Å². The first-order valence-corrected chi connectivity index (χ1v) is 10.9. The lowest BCUT2D eigenvalue weighted by Gasteiger charge is -2.33. The molecule has 1 saturated carbocycles. The minimum absolute atomic E-state index is 0.101. The van der Waals surface area contributed by atoms with Gasteiger partial charge in [0.2, 0.25) is 5.91 Å². The Labute approximate surface area is 174 Å². The summed E-state index contributed by atoms with van der Waals surface area (Å²) in [7, 11) is 0. The molecule has 5 nitrogen and oxygen atoms in total. The van der Waals surface area contributed by atoms with Crippen LogP contribution in [0.1, 0.15) is 62.4 Å². The van der Waals surface area contributed by atoms with E-state index in [1.54, 1.807) is 0 Å². The number of hydrogen-bond donors (Lipinski definition) is 1. The summed E-state index contributed by atoms with van der Waals surface area (Å²) in [6, 6.07) is 4.30. The molecule has 1 aliphatic heterocycles. The average molecular weight is 422 g/mol. The van der Waals surface area contributed by atoms with E-state index in [1.807, 2.05) is 6.92 Å². The van der Waals surface area contributed by atoms with E-state index in [0.29, 0.717) is 18.1 Å². The highest BCUT2D eigenvalue weighted by atomic mass is 19.4. The molecule has 1 amide bonds. The zero-order valence-corrected chi connectivity index (χ0v) is 17.3. The first kappa shape index (κ1) is 21.2. The molecule has 1 N–H and O–H groups in total. The van der Waals surface area contributed by atoms with Crippen molar-refractivity contribution in [2.45, 2.75) is 70.1 Å². The predicted molar refractivity (Wildman–Crippen MR) is 109 cm³/mol. The van der Waals surface area contributed by atoms with Crippen molar-refractivity contribution in [3.8, 4) is 0 Å². The maximum Gasteiger partial charge on any atom is 0.416 e. The minimum Gasteiger partial charge on any atom is -0.352 e. The van der Waals surface area contributed by atoms with E-state index in [4.69, 9.17) is 0 Å². The maximum absolute atomic E-state index is 13.0. The number of nitrogens with one attached hydrogen (secondary N) is 1. The van der Waals surface area contributed by atoms with Crippen LogP contribution in [0.15, 0.2) is 18.2 Å². The van der Waals surface area contributed by atoms with Gasteiger partial charge in [0.15, 0.2) is 0 Å². The summed E-state index contributed by atoms with van der Waals surface area (Å²) in [4.78, 5) is 18.9. The quantitative estimate of drug-likeness (QED) is 0.792. The highest BCUT2D eigenvalue weighted by molar-refractivity contribution is 5.78. The number of hydrogen-bond acceptors (Lipinski definition) is 3. The standard InChI is InChI=1S/C22H29F3N4O/c1-15-26-19-13-16(22(23,24)25)7-8-20(19)29(15)18-9-11-28(12-10-18)14-21(30)27-17-5-3-2-4-6-17/h7-8,13,17-18H,2-6,9-12,14H2,1H3,(H,27,30). The van der Waals surface area contributed by atoms with Gasteiger partial charge in [-0.05, 0) is 50.8 Å². The van der Waals surface area contributed by atoms with E-state index in [0.717, 1.165) is 62.2 Å². The van der Waals surface area contributed by atoms with Gasteiger partial charge in [0.25, 0.3) is 0 Å². The second-order valence-electron chi connectivity index (χ2n) is 8.64. The molecule has 0 spiro atoms. The Morgan fingerprint density at radius 1 is 1.13 bits per heavy atom. The summed E-state index contributed by atoms with van der Waals surface area (Å²) >= 11 is 0. The summed E-state index contributed by atoms with van der Waals surface area (Å²) in [5.74, 6) is 0.835. The van der Waals surface area contributed by atoms with Crippen molar-refractivity contribution in [2.75, 3.05) is 19.6 Å². The van der Waals surface area contributed by atoms with Crippen LogP contribution in [0.25, 0.3) is 11.0 Å². The van der Waals surface area contributed by atoms with E-state index in [1.165, 1.54) is 25.3 Å². The molecule has 2 heterocycles. The summed E-state index contributed by atoms with van der Waals surface area (Å²) in [5.41, 5.74) is 0.462. The van der Waals surface area contributed by atoms with Gasteiger partial charge >= 0.3 is 6.18 Å². The fourth-order valence-corrected chi connectivity index (χ4v) is 4.92. The summed E-state index contributed by atoms with van der Waals surface area (Å²) in [6.45, 7) is 3.85. The fourth-order valence-electron chi connectivity index (χ4n) is 4.92. The number of alkyl halides is 3. The number of nitrogens with zero attached hydrogens (tertiary/aromatic N) is 3. The van der Waals surface area contributed by atoms with Gasteiger partial charge in [-0.15, -0.1) is 0 Å². The predicted octanol–water partition coefficient (Wildman–Crippen LogP) is 4.45. The van der Waals surface area contributed by atoms with Crippen molar-refractivity contribution >= 4 is 16.9 Å². The van der Waals surface area contributed by atoms with E-state index in [9.17, 15) is 18.0 Å². The van der Waals surface area contributed by atoms with Gasteiger partial charge in [0.1, 0.15) is 5.82 Å². The molecule has 1 aliphatic carbocycles. The van der Waals surface area contributed by atoms with Crippen LogP contribution in [-0.2, 0) is 11.0 Å². The Kier molecular flexibility index (Phi) is 6.04. The van der Waals surface area contributed by atoms with Crippen molar-refractivity contribution in [2.24, 2.45) is 0 Å². The number of aryl methyl sites for hydroxylation is 1. The SMILES string of the molecule is Cc1nc2cc(C(F)(F)F)ccc2n1C1CCN(CC(=O)NC2CCCCC2)CC1. The van der Waals surface area contributed by atoms with Crippen LogP contribution in [0.3, 0.4) is 0 Å². The number of amides is 1. The molecule has 0 radical (unpaired) electrons. The number of aromatic nitrogens is 2. The van der Waals surface area contributed by atoms with Crippen LogP contribution in [0, 0.1) is 6.92 Å². The van der Waals surface area contributed by atoms with Crippen molar-refractivity contribution in [1.82, 2.24) is 19.8 Å². The monoisotopic (exact) mass is 422 g/mol. The van der Waals surface area contributed by atoms with E-state index >= 15 is 0 Å². The lowest BCUT2D eigenvalue weighted by atomic mass is 9.95. The second-order valence-corrected chi connectivity index (χ2v) is 8.64. The third-order valence-electron chi connectivity index (χ3n) is 6.45. The molecule has 0 unspecified atom stereocenters. The molecule has 0 bridgehead atoms. The molecule has 2 aliphatic rings. The Morgan fingerprint density at radius 2 is 1.83 bits per heavy atom. The van der Waals surface area contributed by atoms with Gasteiger partial charge < -0.3 is 9.88 Å². The topological polar surface area (TPSA) is 50.2 Å². The molecule has 4 rings (SSSR count). The molecule has 0 atom stereocenters. The fraction of sp³-hybridized carbons (Fsp3) is 0.636. The van der Waals surface area contributed by atoms with Gasteiger partial charge in [0.05, 0.1) is 23.1 Å². The number of likely N-dealkylation sites (tertiary alicyclic amines) is 1. The molecule has 30 heavy (non-hydrogen) atoms. The van der Waals surface area contributed by atoms with Crippen LogP contribution < -0.4 is 5.32 Å². The van der Waals surface area contributed by atoms with Gasteiger partial charge in [-0.2, -0.15) is 13.2 Å². The first-order valence-electron chi connectivity index (χ1n) is 10.9. The van der Waals surface area contributed by atoms with Crippen LogP contribution in [0.5, 0.6) is 0 Å². The van der Waals surface area contributed by atoms with E-state index in [-0.39, 0.29) is 11.9 Å². The largest absolute Gasteiger partial charge is 0.416 e. The number of benzene rings is 1. The molecule has 1 aromatic carbocycles. The third-order valence-corrected chi connectivity index (χ3v) is 6.45. The molecular weight excluding hydrogens is 393 g/mol. The van der Waals surface area contributed by atoms with Crippen LogP contribution in [-0.4, -0.2) is 46.0 Å². The smallest absolute Gasteiger partial charge is 0.352 e. The van der Waals surface area contributed by atoms with Crippen molar-refractivity contribution < 1.29 is 18.0 Å². The number of fused-ring (bicyclic) bond motifs is 1. The third kappa shape index (κ3) is 4.63. The zero-order valence-electron chi connectivity index (χ0n) is 17.3. The number of piperidine rings is 1. The minimum atomic E-state index is -4.37. The number of carbonyl (C=O) groups excluding carboxylic acids is 1. The zero-order chi connectivity index (χ0) is 21.3. The Morgan fingerprint density at radius 3 is 2.50 bits per heavy atom. The number of carbonyl (C=O) groups is 1. The highest BCUT2D eigenvalue weighted by Crippen LogP contribution is 2.34. The lowest BCUT2D eigenvalue weighted by Crippen LogP contribution is -2.45.